The molecule has 4 rings (SSSR count). The number of fused-ring (bicyclic) bond motifs is 2. The third-order valence-electron chi connectivity index (χ3n) is 5.84. The largest absolute Gasteiger partial charge is 0.462 e. The number of aliphatic hydroxyl groups is 2. The van der Waals surface area contributed by atoms with Crippen molar-refractivity contribution in [3.63, 3.8) is 0 Å². The molecule has 1 aliphatic carbocycles. The summed E-state index contributed by atoms with van der Waals surface area (Å²) in [5.41, 5.74) is 0.887. The van der Waals surface area contributed by atoms with Gasteiger partial charge in [0.1, 0.15) is 6.10 Å². The molecule has 5 heteroatoms. The van der Waals surface area contributed by atoms with Gasteiger partial charge in [-0.05, 0) is 36.1 Å². The van der Waals surface area contributed by atoms with Crippen LogP contribution in [0, 0.1) is 11.8 Å². The Balaban J connectivity index is 1.53. The van der Waals surface area contributed by atoms with E-state index in [0.717, 1.165) is 34.9 Å². The molecule has 1 fully saturated rings. The first-order valence-electron chi connectivity index (χ1n) is 9.98. The molecule has 1 saturated carbocycles. The van der Waals surface area contributed by atoms with Gasteiger partial charge in [0.25, 0.3) is 0 Å². The Morgan fingerprint density at radius 1 is 1.25 bits per heavy atom. The number of benzene rings is 1. The van der Waals surface area contributed by atoms with Crippen molar-refractivity contribution in [2.45, 2.75) is 50.4 Å². The van der Waals surface area contributed by atoms with Crippen LogP contribution in [0.4, 0.5) is 0 Å². The predicted octanol–water partition coefficient (Wildman–Crippen LogP) is 4.53. The molecule has 5 atom stereocenters. The van der Waals surface area contributed by atoms with Crippen molar-refractivity contribution in [2.24, 2.45) is 11.8 Å². The molecule has 0 radical (unpaired) electrons. The first kappa shape index (κ1) is 19.4. The molecule has 4 nitrogen and oxygen atoms in total. The number of ether oxygens (including phenoxy) is 1. The highest BCUT2D eigenvalue weighted by atomic mass is 32.1. The number of allylic oxidation sites excluding steroid dienone is 2. The summed E-state index contributed by atoms with van der Waals surface area (Å²) in [5, 5.41) is 24.4. The van der Waals surface area contributed by atoms with Crippen molar-refractivity contribution in [1.82, 2.24) is 0 Å². The maximum Gasteiger partial charge on any atom is 0.306 e. The summed E-state index contributed by atoms with van der Waals surface area (Å²) < 4.78 is 6.81. The topological polar surface area (TPSA) is 66.8 Å². The van der Waals surface area contributed by atoms with Crippen molar-refractivity contribution < 1.29 is 19.7 Å². The third-order valence-corrected chi connectivity index (χ3v) is 6.83. The number of carbonyl (C=O) groups excluding carboxylic acids is 1. The summed E-state index contributed by atoms with van der Waals surface area (Å²) in [6.07, 6.45) is 9.71. The fourth-order valence-electron chi connectivity index (χ4n) is 4.35. The van der Waals surface area contributed by atoms with Gasteiger partial charge < -0.3 is 14.9 Å². The van der Waals surface area contributed by atoms with Crippen LogP contribution >= 0.6 is 11.3 Å². The van der Waals surface area contributed by atoms with Gasteiger partial charge in [-0.15, -0.1) is 11.3 Å². The van der Waals surface area contributed by atoms with E-state index < -0.39 is 12.2 Å². The summed E-state index contributed by atoms with van der Waals surface area (Å²) in [5.74, 6) is -0.274. The second-order valence-corrected chi connectivity index (χ2v) is 8.60. The molecule has 2 aliphatic rings. The van der Waals surface area contributed by atoms with E-state index in [1.807, 2.05) is 35.7 Å². The SMILES string of the molecule is O=C1CCC/C=C\C[C@@H]2[C@@H](/C=C/[C@@H](O)c3csc4ccccc34)[C@H](O)C[C@@H]2O1. The minimum absolute atomic E-state index is 0.0379. The fraction of sp³-hybridized carbons (Fsp3) is 0.435. The second-order valence-electron chi connectivity index (χ2n) is 7.69. The molecule has 0 saturated heterocycles. The van der Waals surface area contributed by atoms with Crippen LogP contribution in [-0.4, -0.2) is 28.4 Å². The van der Waals surface area contributed by atoms with Crippen LogP contribution in [0.25, 0.3) is 10.1 Å². The highest BCUT2D eigenvalue weighted by Gasteiger charge is 2.42. The average molecular weight is 399 g/mol. The van der Waals surface area contributed by atoms with E-state index in [1.54, 1.807) is 17.4 Å². The highest BCUT2D eigenvalue weighted by molar-refractivity contribution is 7.17. The number of hydrogen-bond donors (Lipinski definition) is 2. The molecular weight excluding hydrogens is 372 g/mol. The molecule has 2 N–H and O–H groups in total. The summed E-state index contributed by atoms with van der Waals surface area (Å²) in [6.45, 7) is 0. The molecule has 2 aromatic rings. The van der Waals surface area contributed by atoms with E-state index in [-0.39, 0.29) is 23.9 Å². The Labute approximate surface area is 169 Å². The van der Waals surface area contributed by atoms with Gasteiger partial charge in [0.05, 0.1) is 12.2 Å². The van der Waals surface area contributed by atoms with E-state index in [0.29, 0.717) is 12.8 Å². The Kier molecular flexibility index (Phi) is 5.95. The van der Waals surface area contributed by atoms with Crippen molar-refractivity contribution in [1.29, 1.82) is 0 Å². The summed E-state index contributed by atoms with van der Waals surface area (Å²) in [4.78, 5) is 12.0. The molecule has 148 valence electrons. The van der Waals surface area contributed by atoms with Gasteiger partial charge in [-0.3, -0.25) is 4.79 Å². The monoisotopic (exact) mass is 398 g/mol. The normalized spacial score (nSPS) is 30.9. The average Bonchev–Trinajstić information content (AvgIpc) is 3.24. The maximum atomic E-state index is 12.0. The number of carbonyl (C=O) groups is 1. The predicted molar refractivity (Wildman–Crippen MR) is 111 cm³/mol. The van der Waals surface area contributed by atoms with Crippen LogP contribution in [0.15, 0.2) is 53.9 Å². The lowest BCUT2D eigenvalue weighted by atomic mass is 9.89. The zero-order chi connectivity index (χ0) is 19.5. The summed E-state index contributed by atoms with van der Waals surface area (Å²) >= 11 is 1.62. The van der Waals surface area contributed by atoms with Gasteiger partial charge in [0.15, 0.2) is 0 Å². The van der Waals surface area contributed by atoms with Crippen molar-refractivity contribution >= 4 is 27.4 Å². The zero-order valence-electron chi connectivity index (χ0n) is 15.7. The first-order chi connectivity index (χ1) is 13.6. The van der Waals surface area contributed by atoms with Gasteiger partial charge in [-0.1, -0.05) is 42.5 Å². The lowest BCUT2D eigenvalue weighted by molar-refractivity contribution is -0.151. The van der Waals surface area contributed by atoms with Crippen molar-refractivity contribution in [3.8, 4) is 0 Å². The van der Waals surface area contributed by atoms with Crippen LogP contribution in [0.2, 0.25) is 0 Å². The Hall–Kier alpha value is -1.95. The van der Waals surface area contributed by atoms with Gasteiger partial charge in [0.2, 0.25) is 0 Å². The Morgan fingerprint density at radius 2 is 2.11 bits per heavy atom. The lowest BCUT2D eigenvalue weighted by Gasteiger charge is -2.23. The van der Waals surface area contributed by atoms with E-state index in [1.165, 1.54) is 0 Å². The van der Waals surface area contributed by atoms with Gasteiger partial charge in [0, 0.05) is 34.9 Å². The second kappa shape index (κ2) is 8.60. The number of aliphatic hydroxyl groups excluding tert-OH is 2. The van der Waals surface area contributed by atoms with Crippen LogP contribution in [0.1, 0.15) is 43.8 Å². The van der Waals surface area contributed by atoms with E-state index >= 15 is 0 Å². The maximum absolute atomic E-state index is 12.0. The first-order valence-corrected chi connectivity index (χ1v) is 10.9. The van der Waals surface area contributed by atoms with E-state index in [4.69, 9.17) is 4.74 Å². The zero-order valence-corrected chi connectivity index (χ0v) is 16.6. The van der Waals surface area contributed by atoms with Crippen LogP contribution in [0.3, 0.4) is 0 Å². The molecule has 0 spiro atoms. The molecule has 0 bridgehead atoms. The molecule has 28 heavy (non-hydrogen) atoms. The van der Waals surface area contributed by atoms with E-state index in [9.17, 15) is 15.0 Å². The minimum atomic E-state index is -0.722. The molecule has 2 heterocycles. The van der Waals surface area contributed by atoms with Gasteiger partial charge >= 0.3 is 5.97 Å². The number of hydrogen-bond acceptors (Lipinski definition) is 5. The summed E-state index contributed by atoms with van der Waals surface area (Å²) in [7, 11) is 0. The van der Waals surface area contributed by atoms with Gasteiger partial charge in [-0.25, -0.2) is 0 Å². The van der Waals surface area contributed by atoms with Crippen molar-refractivity contribution in [2.75, 3.05) is 0 Å². The molecule has 1 aromatic carbocycles. The van der Waals surface area contributed by atoms with Crippen LogP contribution in [0.5, 0.6) is 0 Å². The number of rotatable bonds is 3. The minimum Gasteiger partial charge on any atom is -0.462 e. The standard InChI is InChI=1S/C23H26O4S/c24-19(18-14-28-22-9-6-5-8-17(18)22)12-11-15-16-7-3-1-2-4-10-23(26)27-21(16)13-20(15)25/h1,3,5-6,8-9,11-12,14-16,19-21,24-25H,2,4,7,10,13H2/b3-1-,12-11+/t15-,16-,19-,20-,21+/m1/s1. The van der Waals surface area contributed by atoms with E-state index in [2.05, 4.69) is 12.2 Å². The smallest absolute Gasteiger partial charge is 0.306 e. The third kappa shape index (κ3) is 4.07. The summed E-state index contributed by atoms with van der Waals surface area (Å²) in [6, 6.07) is 8.03. The molecular formula is C23H26O4S. The molecule has 0 amide bonds. The molecule has 1 aliphatic heterocycles. The van der Waals surface area contributed by atoms with Gasteiger partial charge in [-0.2, -0.15) is 0 Å². The quantitative estimate of drug-likeness (QED) is 0.589. The lowest BCUT2D eigenvalue weighted by Crippen LogP contribution is -2.25. The molecule has 1 aromatic heterocycles. The molecule has 0 unspecified atom stereocenters. The highest BCUT2D eigenvalue weighted by Crippen LogP contribution is 2.39. The van der Waals surface area contributed by atoms with Crippen molar-refractivity contribution in [3.05, 3.63) is 59.5 Å². The Morgan fingerprint density at radius 3 is 3.00 bits per heavy atom. The Bertz CT molecular complexity index is 884. The van der Waals surface area contributed by atoms with Crippen LogP contribution < -0.4 is 0 Å². The number of thiophene rings is 1. The van der Waals surface area contributed by atoms with Crippen LogP contribution in [-0.2, 0) is 9.53 Å². The number of esters is 1. The fourth-order valence-corrected chi connectivity index (χ4v) is 5.34.